The third-order valence-electron chi connectivity index (χ3n) is 3.05. The highest BCUT2D eigenvalue weighted by Crippen LogP contribution is 2.48. The molecule has 0 aliphatic heterocycles. The molecule has 0 bridgehead atoms. The van der Waals surface area contributed by atoms with Crippen LogP contribution in [-0.2, 0) is 18.2 Å². The molecule has 0 radical (unpaired) electrons. The van der Waals surface area contributed by atoms with Gasteiger partial charge in [-0.1, -0.05) is 0 Å². The van der Waals surface area contributed by atoms with Crippen LogP contribution in [0.25, 0.3) is 0 Å². The van der Waals surface area contributed by atoms with Gasteiger partial charge < -0.3 is 10.5 Å². The molecule has 0 unspecified atom stereocenters. The van der Waals surface area contributed by atoms with Gasteiger partial charge in [0, 0.05) is 20.6 Å². The van der Waals surface area contributed by atoms with E-state index in [1.165, 1.54) is 4.68 Å². The van der Waals surface area contributed by atoms with Crippen LogP contribution in [-0.4, -0.2) is 23.5 Å². The van der Waals surface area contributed by atoms with Crippen LogP contribution in [0.5, 0.6) is 0 Å². The average molecular weight is 213 g/mol. The summed E-state index contributed by atoms with van der Waals surface area (Å²) < 4.78 is 20.1. The van der Waals surface area contributed by atoms with Crippen LogP contribution in [0.4, 0.5) is 10.2 Å². The van der Waals surface area contributed by atoms with Gasteiger partial charge in [-0.2, -0.15) is 5.10 Å². The van der Waals surface area contributed by atoms with E-state index in [9.17, 15) is 4.39 Å². The maximum Gasteiger partial charge on any atom is 0.188 e. The summed E-state index contributed by atoms with van der Waals surface area (Å²) >= 11 is 0. The minimum atomic E-state index is -0.375. The molecule has 0 amide bonds. The molecule has 0 saturated heterocycles. The van der Waals surface area contributed by atoms with Gasteiger partial charge in [0.2, 0.25) is 0 Å². The van der Waals surface area contributed by atoms with Crippen molar-refractivity contribution in [1.82, 2.24) is 9.78 Å². The molecule has 1 heterocycles. The zero-order valence-electron chi connectivity index (χ0n) is 9.09. The molecule has 4 nitrogen and oxygen atoms in total. The summed E-state index contributed by atoms with van der Waals surface area (Å²) in [6.07, 6.45) is 2.78. The first-order valence-corrected chi connectivity index (χ1v) is 5.04. The predicted octanol–water partition coefficient (Wildman–Crippen LogP) is 1.11. The summed E-state index contributed by atoms with van der Waals surface area (Å²) in [5.41, 5.74) is 6.08. The zero-order valence-corrected chi connectivity index (χ0v) is 9.09. The first kappa shape index (κ1) is 10.4. The van der Waals surface area contributed by atoms with Crippen LogP contribution >= 0.6 is 0 Å². The van der Waals surface area contributed by atoms with Gasteiger partial charge >= 0.3 is 0 Å². The number of aryl methyl sites for hydroxylation is 1. The Hall–Kier alpha value is -1.10. The van der Waals surface area contributed by atoms with Crippen LogP contribution in [0, 0.1) is 11.2 Å². The van der Waals surface area contributed by atoms with E-state index >= 15 is 0 Å². The Balaban J connectivity index is 2.14. The summed E-state index contributed by atoms with van der Waals surface area (Å²) in [4.78, 5) is 0. The van der Waals surface area contributed by atoms with Crippen molar-refractivity contribution in [3.63, 3.8) is 0 Å². The Morgan fingerprint density at radius 1 is 1.60 bits per heavy atom. The van der Waals surface area contributed by atoms with Crippen molar-refractivity contribution in [2.75, 3.05) is 19.5 Å². The van der Waals surface area contributed by atoms with Crippen LogP contribution in [0.2, 0.25) is 0 Å². The number of anilines is 1. The molecule has 5 heteroatoms. The highest BCUT2D eigenvalue weighted by Gasteiger charge is 2.44. The van der Waals surface area contributed by atoms with E-state index in [0.717, 1.165) is 12.8 Å². The molecule has 0 spiro atoms. The lowest BCUT2D eigenvalue weighted by Gasteiger charge is -2.11. The highest BCUT2D eigenvalue weighted by molar-refractivity contribution is 5.34. The fourth-order valence-electron chi connectivity index (χ4n) is 1.89. The second-order valence-corrected chi connectivity index (χ2v) is 4.38. The van der Waals surface area contributed by atoms with Gasteiger partial charge in [-0.05, 0) is 18.3 Å². The van der Waals surface area contributed by atoms with Crippen LogP contribution in [0.3, 0.4) is 0 Å². The normalized spacial score (nSPS) is 18.1. The number of halogens is 1. The Labute approximate surface area is 88.2 Å². The summed E-state index contributed by atoms with van der Waals surface area (Å²) in [5.74, 6) is -0.266. The molecule has 1 saturated carbocycles. The summed E-state index contributed by atoms with van der Waals surface area (Å²) in [5, 5.41) is 4.08. The van der Waals surface area contributed by atoms with E-state index in [1.807, 2.05) is 0 Å². The number of rotatable bonds is 4. The Kier molecular flexibility index (Phi) is 2.42. The number of ether oxygens (including phenoxy) is 1. The fourth-order valence-corrected chi connectivity index (χ4v) is 1.89. The number of nitrogen functional groups attached to an aromatic ring is 1. The third-order valence-corrected chi connectivity index (χ3v) is 3.05. The highest BCUT2D eigenvalue weighted by atomic mass is 19.1. The standard InChI is InChI=1S/C10H16FN3O/c1-14-9(12)8(11)7(13-14)5-10(3-4-10)6-15-2/h3-6,12H2,1-2H3. The zero-order chi connectivity index (χ0) is 11.1. The molecule has 84 valence electrons. The molecular weight excluding hydrogens is 197 g/mol. The largest absolute Gasteiger partial charge is 0.384 e. The molecule has 1 aromatic rings. The average Bonchev–Trinajstić information content (AvgIpc) is 2.90. The van der Waals surface area contributed by atoms with Crippen molar-refractivity contribution in [2.45, 2.75) is 19.3 Å². The maximum atomic E-state index is 13.6. The quantitative estimate of drug-likeness (QED) is 0.815. The fraction of sp³-hybridized carbons (Fsp3) is 0.700. The van der Waals surface area contributed by atoms with Crippen LogP contribution < -0.4 is 5.73 Å². The Morgan fingerprint density at radius 3 is 2.67 bits per heavy atom. The number of methoxy groups -OCH3 is 1. The van der Waals surface area contributed by atoms with E-state index in [0.29, 0.717) is 18.7 Å². The molecule has 2 N–H and O–H groups in total. The van der Waals surface area contributed by atoms with Crippen LogP contribution in [0.15, 0.2) is 0 Å². The lowest BCUT2D eigenvalue weighted by molar-refractivity contribution is 0.140. The topological polar surface area (TPSA) is 53.1 Å². The van der Waals surface area contributed by atoms with E-state index in [1.54, 1.807) is 14.2 Å². The summed E-state index contributed by atoms with van der Waals surface area (Å²) in [6.45, 7) is 0.670. The number of hydrogen-bond donors (Lipinski definition) is 1. The van der Waals surface area contributed by atoms with Crippen LogP contribution in [0.1, 0.15) is 18.5 Å². The van der Waals surface area contributed by atoms with Crippen molar-refractivity contribution >= 4 is 5.82 Å². The van der Waals surface area contributed by atoms with Crippen molar-refractivity contribution in [3.8, 4) is 0 Å². The van der Waals surface area contributed by atoms with E-state index < -0.39 is 0 Å². The monoisotopic (exact) mass is 213 g/mol. The maximum absolute atomic E-state index is 13.6. The van der Waals surface area contributed by atoms with Crippen molar-refractivity contribution < 1.29 is 9.13 Å². The van der Waals surface area contributed by atoms with E-state index in [-0.39, 0.29) is 17.1 Å². The van der Waals surface area contributed by atoms with Gasteiger partial charge in [-0.25, -0.2) is 4.39 Å². The van der Waals surface area contributed by atoms with Crippen molar-refractivity contribution in [2.24, 2.45) is 12.5 Å². The van der Waals surface area contributed by atoms with Crippen molar-refractivity contribution in [1.29, 1.82) is 0 Å². The minimum absolute atomic E-state index is 0.108. The van der Waals surface area contributed by atoms with Gasteiger partial charge in [-0.15, -0.1) is 0 Å². The number of nitrogens with zero attached hydrogens (tertiary/aromatic N) is 2. The van der Waals surface area contributed by atoms with E-state index in [4.69, 9.17) is 10.5 Å². The van der Waals surface area contributed by atoms with Gasteiger partial charge in [-0.3, -0.25) is 4.68 Å². The first-order chi connectivity index (χ1) is 7.08. The molecule has 15 heavy (non-hydrogen) atoms. The molecule has 0 atom stereocenters. The second kappa shape index (κ2) is 3.48. The Morgan fingerprint density at radius 2 is 2.27 bits per heavy atom. The third kappa shape index (κ3) is 1.84. The van der Waals surface area contributed by atoms with Gasteiger partial charge in [0.15, 0.2) is 11.6 Å². The Bertz CT molecular complexity index is 371. The SMILES string of the molecule is COCC1(Cc2nn(C)c(N)c2F)CC1. The van der Waals surface area contributed by atoms with Crippen molar-refractivity contribution in [3.05, 3.63) is 11.5 Å². The molecular formula is C10H16FN3O. The smallest absolute Gasteiger partial charge is 0.188 e. The molecule has 1 aromatic heterocycles. The first-order valence-electron chi connectivity index (χ1n) is 5.04. The predicted molar refractivity (Wildman–Crippen MR) is 54.8 cm³/mol. The number of nitrogens with two attached hydrogens (primary N) is 1. The second-order valence-electron chi connectivity index (χ2n) is 4.38. The van der Waals surface area contributed by atoms with Gasteiger partial charge in [0.25, 0.3) is 0 Å². The van der Waals surface area contributed by atoms with Gasteiger partial charge in [0.05, 0.1) is 6.61 Å². The number of hydrogen-bond acceptors (Lipinski definition) is 3. The lowest BCUT2D eigenvalue weighted by atomic mass is 10.0. The molecule has 0 aromatic carbocycles. The summed E-state index contributed by atoms with van der Waals surface area (Å²) in [7, 11) is 3.32. The molecule has 1 aliphatic carbocycles. The number of aromatic nitrogens is 2. The molecule has 1 fully saturated rings. The molecule has 2 rings (SSSR count). The van der Waals surface area contributed by atoms with E-state index in [2.05, 4.69) is 5.10 Å². The molecule has 1 aliphatic rings. The lowest BCUT2D eigenvalue weighted by Crippen LogP contribution is -2.13. The summed E-state index contributed by atoms with van der Waals surface area (Å²) in [6, 6.07) is 0. The minimum Gasteiger partial charge on any atom is -0.384 e. The van der Waals surface area contributed by atoms with Gasteiger partial charge in [0.1, 0.15) is 5.69 Å².